The summed E-state index contributed by atoms with van der Waals surface area (Å²) in [7, 11) is 6.33. The van der Waals surface area contributed by atoms with Crippen molar-refractivity contribution in [1.29, 1.82) is 0 Å². The van der Waals surface area contributed by atoms with E-state index in [0.717, 1.165) is 0 Å². The summed E-state index contributed by atoms with van der Waals surface area (Å²) in [4.78, 5) is 4.36. The number of anilines is 2. The molecule has 8 nitrogen and oxygen atoms in total. The summed E-state index contributed by atoms with van der Waals surface area (Å²) in [6.45, 7) is 0. The third-order valence-electron chi connectivity index (χ3n) is 3.68. The molecule has 1 N–H and O–H groups in total. The first-order valence-electron chi connectivity index (χ1n) is 7.73. The van der Waals surface area contributed by atoms with Gasteiger partial charge in [-0.3, -0.25) is 0 Å². The second-order valence-electron chi connectivity index (χ2n) is 5.22. The van der Waals surface area contributed by atoms with E-state index in [9.17, 15) is 0 Å². The fraction of sp³-hybridized carbons (Fsp3) is 0.222. The van der Waals surface area contributed by atoms with Gasteiger partial charge in [0.2, 0.25) is 5.82 Å². The van der Waals surface area contributed by atoms with Crippen molar-refractivity contribution >= 4 is 11.7 Å². The standard InChI is InChI=1S/C18H19N3O5/c1-22-12-5-6-16(25-4)15(10-12)17-20-18(26-21-17)19-11-7-13(23-2)9-14(8-11)24-3/h5-10H,1-4H3,(H,19,20,21). The van der Waals surface area contributed by atoms with Crippen LogP contribution in [0.25, 0.3) is 11.4 Å². The lowest BCUT2D eigenvalue weighted by molar-refractivity contribution is 0.394. The largest absolute Gasteiger partial charge is 0.497 e. The van der Waals surface area contributed by atoms with Gasteiger partial charge in [-0.15, -0.1) is 0 Å². The van der Waals surface area contributed by atoms with Crippen LogP contribution in [0.15, 0.2) is 40.9 Å². The van der Waals surface area contributed by atoms with E-state index >= 15 is 0 Å². The van der Waals surface area contributed by atoms with Crippen molar-refractivity contribution in [2.45, 2.75) is 0 Å². The molecule has 0 aliphatic heterocycles. The van der Waals surface area contributed by atoms with Crippen LogP contribution in [0, 0.1) is 0 Å². The van der Waals surface area contributed by atoms with Gasteiger partial charge in [0.15, 0.2) is 0 Å². The molecule has 0 aliphatic rings. The quantitative estimate of drug-likeness (QED) is 0.687. The van der Waals surface area contributed by atoms with Gasteiger partial charge in [-0.05, 0) is 18.2 Å². The minimum Gasteiger partial charge on any atom is -0.497 e. The first-order chi connectivity index (χ1) is 12.7. The van der Waals surface area contributed by atoms with Gasteiger partial charge in [0, 0.05) is 23.9 Å². The maximum atomic E-state index is 5.36. The molecular weight excluding hydrogens is 338 g/mol. The average Bonchev–Trinajstić information content (AvgIpc) is 3.15. The minimum absolute atomic E-state index is 0.222. The smallest absolute Gasteiger partial charge is 0.326 e. The van der Waals surface area contributed by atoms with Crippen LogP contribution in [-0.4, -0.2) is 38.6 Å². The molecular formula is C18H19N3O5. The van der Waals surface area contributed by atoms with Crippen LogP contribution in [0.2, 0.25) is 0 Å². The molecule has 1 aromatic heterocycles. The summed E-state index contributed by atoms with van der Waals surface area (Å²) in [6, 6.07) is 10.9. The molecule has 2 aromatic carbocycles. The molecule has 3 rings (SSSR count). The lowest BCUT2D eigenvalue weighted by Crippen LogP contribution is -1.94. The summed E-state index contributed by atoms with van der Waals surface area (Å²) < 4.78 is 26.4. The van der Waals surface area contributed by atoms with Crippen LogP contribution in [0.1, 0.15) is 0 Å². The number of aromatic nitrogens is 2. The minimum atomic E-state index is 0.222. The molecule has 1 heterocycles. The zero-order valence-corrected chi connectivity index (χ0v) is 14.9. The predicted octanol–water partition coefficient (Wildman–Crippen LogP) is 3.51. The number of hydrogen-bond acceptors (Lipinski definition) is 8. The Bertz CT molecular complexity index is 872. The highest BCUT2D eigenvalue weighted by atomic mass is 16.5. The Hall–Kier alpha value is -3.42. The van der Waals surface area contributed by atoms with Gasteiger partial charge >= 0.3 is 6.01 Å². The van der Waals surface area contributed by atoms with Gasteiger partial charge in [0.25, 0.3) is 0 Å². The van der Waals surface area contributed by atoms with Crippen LogP contribution >= 0.6 is 0 Å². The van der Waals surface area contributed by atoms with Crippen molar-refractivity contribution in [3.63, 3.8) is 0 Å². The van der Waals surface area contributed by atoms with Crippen LogP contribution in [-0.2, 0) is 0 Å². The van der Waals surface area contributed by atoms with E-state index in [2.05, 4.69) is 15.5 Å². The van der Waals surface area contributed by atoms with E-state index in [1.165, 1.54) is 0 Å². The zero-order chi connectivity index (χ0) is 18.5. The SMILES string of the molecule is COc1cc(Nc2nc(-c3cc(OC)ccc3OC)no2)cc(OC)c1. The number of ether oxygens (including phenoxy) is 4. The number of nitrogens with one attached hydrogen (secondary N) is 1. The lowest BCUT2D eigenvalue weighted by Gasteiger charge is -2.08. The second-order valence-corrected chi connectivity index (χ2v) is 5.22. The van der Waals surface area contributed by atoms with Crippen LogP contribution < -0.4 is 24.3 Å². The molecule has 0 radical (unpaired) electrons. The number of hydrogen-bond donors (Lipinski definition) is 1. The van der Waals surface area contributed by atoms with Crippen molar-refractivity contribution in [3.05, 3.63) is 36.4 Å². The fourth-order valence-electron chi connectivity index (χ4n) is 2.38. The summed E-state index contributed by atoms with van der Waals surface area (Å²) in [6.07, 6.45) is 0. The number of nitrogens with zero attached hydrogens (tertiary/aromatic N) is 2. The normalized spacial score (nSPS) is 10.3. The Morgan fingerprint density at radius 3 is 2.12 bits per heavy atom. The summed E-state index contributed by atoms with van der Waals surface area (Å²) in [5.74, 6) is 2.93. The third-order valence-corrected chi connectivity index (χ3v) is 3.68. The molecule has 136 valence electrons. The molecule has 0 spiro atoms. The first kappa shape index (κ1) is 17.4. The van der Waals surface area contributed by atoms with E-state index in [4.69, 9.17) is 23.5 Å². The fourth-order valence-corrected chi connectivity index (χ4v) is 2.38. The Morgan fingerprint density at radius 2 is 1.50 bits per heavy atom. The molecule has 0 saturated heterocycles. The highest BCUT2D eigenvalue weighted by Crippen LogP contribution is 2.33. The molecule has 3 aromatic rings. The number of benzene rings is 2. The number of rotatable bonds is 7. The maximum absolute atomic E-state index is 5.36. The molecule has 0 atom stereocenters. The van der Waals surface area contributed by atoms with Gasteiger partial charge in [0.05, 0.1) is 34.0 Å². The van der Waals surface area contributed by atoms with Crippen molar-refractivity contribution in [2.24, 2.45) is 0 Å². The first-order valence-corrected chi connectivity index (χ1v) is 7.73. The molecule has 0 saturated carbocycles. The summed E-state index contributed by atoms with van der Waals surface area (Å²) in [5, 5.41) is 7.04. The Morgan fingerprint density at radius 1 is 0.808 bits per heavy atom. The van der Waals surface area contributed by atoms with Gasteiger partial charge in [-0.25, -0.2) is 0 Å². The summed E-state index contributed by atoms with van der Waals surface area (Å²) >= 11 is 0. The van der Waals surface area contributed by atoms with Crippen LogP contribution in [0.3, 0.4) is 0 Å². The van der Waals surface area contributed by atoms with Crippen molar-refractivity contribution in [3.8, 4) is 34.4 Å². The van der Waals surface area contributed by atoms with Crippen LogP contribution in [0.5, 0.6) is 23.0 Å². The van der Waals surface area contributed by atoms with Gasteiger partial charge in [0.1, 0.15) is 23.0 Å². The zero-order valence-electron chi connectivity index (χ0n) is 14.9. The molecule has 0 bridgehead atoms. The van der Waals surface area contributed by atoms with Crippen molar-refractivity contribution in [2.75, 3.05) is 33.8 Å². The van der Waals surface area contributed by atoms with E-state index < -0.39 is 0 Å². The maximum Gasteiger partial charge on any atom is 0.326 e. The van der Waals surface area contributed by atoms with Crippen molar-refractivity contribution < 1.29 is 23.5 Å². The monoisotopic (exact) mass is 357 g/mol. The van der Waals surface area contributed by atoms with E-state index in [-0.39, 0.29) is 6.01 Å². The highest BCUT2D eigenvalue weighted by Gasteiger charge is 2.15. The van der Waals surface area contributed by atoms with Gasteiger partial charge in [-0.1, -0.05) is 5.16 Å². The Balaban J connectivity index is 1.89. The van der Waals surface area contributed by atoms with E-state index in [0.29, 0.717) is 40.1 Å². The Kier molecular flexibility index (Phi) is 5.12. The molecule has 0 fully saturated rings. The van der Waals surface area contributed by atoms with E-state index in [1.54, 1.807) is 64.8 Å². The van der Waals surface area contributed by atoms with Gasteiger partial charge in [-0.2, -0.15) is 4.98 Å². The average molecular weight is 357 g/mol. The second kappa shape index (κ2) is 7.64. The van der Waals surface area contributed by atoms with Crippen LogP contribution in [0.4, 0.5) is 11.7 Å². The predicted molar refractivity (Wildman–Crippen MR) is 95.7 cm³/mol. The topological polar surface area (TPSA) is 87.9 Å². The Labute approximate surface area is 150 Å². The van der Waals surface area contributed by atoms with Crippen molar-refractivity contribution in [1.82, 2.24) is 10.1 Å². The highest BCUT2D eigenvalue weighted by molar-refractivity contribution is 5.67. The molecule has 0 amide bonds. The molecule has 26 heavy (non-hydrogen) atoms. The molecule has 0 aliphatic carbocycles. The van der Waals surface area contributed by atoms with Gasteiger partial charge < -0.3 is 28.8 Å². The molecule has 8 heteroatoms. The molecule has 0 unspecified atom stereocenters. The van der Waals surface area contributed by atoms with E-state index in [1.807, 2.05) is 0 Å². The summed E-state index contributed by atoms with van der Waals surface area (Å²) in [5.41, 5.74) is 1.35. The lowest BCUT2D eigenvalue weighted by atomic mass is 10.2. The third kappa shape index (κ3) is 3.64. The number of methoxy groups -OCH3 is 4.